The van der Waals surface area contributed by atoms with Gasteiger partial charge in [-0.3, -0.25) is 4.79 Å². The predicted molar refractivity (Wildman–Crippen MR) is 97.9 cm³/mol. The van der Waals surface area contributed by atoms with Gasteiger partial charge < -0.3 is 14.6 Å². The van der Waals surface area contributed by atoms with Gasteiger partial charge in [0, 0.05) is 26.1 Å². The summed E-state index contributed by atoms with van der Waals surface area (Å²) in [4.78, 5) is 18.9. The van der Waals surface area contributed by atoms with E-state index in [0.29, 0.717) is 36.2 Å². The van der Waals surface area contributed by atoms with Crippen molar-refractivity contribution in [3.8, 4) is 0 Å². The molecule has 134 valence electrons. The van der Waals surface area contributed by atoms with E-state index in [-0.39, 0.29) is 5.91 Å². The van der Waals surface area contributed by atoms with Gasteiger partial charge in [0.15, 0.2) is 5.89 Å². The molecule has 1 aliphatic heterocycles. The Morgan fingerprint density at radius 2 is 2.16 bits per heavy atom. The molecule has 0 radical (unpaired) electrons. The third kappa shape index (κ3) is 4.10. The van der Waals surface area contributed by atoms with Crippen LogP contribution in [0.4, 0.5) is 0 Å². The Morgan fingerprint density at radius 1 is 1.36 bits per heavy atom. The first-order chi connectivity index (χ1) is 12.1. The number of amides is 1. The van der Waals surface area contributed by atoms with Crippen molar-refractivity contribution in [2.24, 2.45) is 0 Å². The van der Waals surface area contributed by atoms with E-state index in [4.69, 9.17) is 4.42 Å². The number of hydrogen-bond donors (Lipinski definition) is 1. The number of benzene rings is 1. The molecule has 2 aromatic rings. The fraction of sp³-hybridized carbons (Fsp3) is 0.500. The second kappa shape index (κ2) is 7.83. The van der Waals surface area contributed by atoms with Crippen LogP contribution in [0.2, 0.25) is 0 Å². The Labute approximate surface area is 149 Å². The van der Waals surface area contributed by atoms with Crippen molar-refractivity contribution in [3.63, 3.8) is 0 Å². The summed E-state index contributed by atoms with van der Waals surface area (Å²) in [6.45, 7) is 9.58. The second-order valence-corrected chi connectivity index (χ2v) is 6.77. The monoisotopic (exact) mass is 341 g/mol. The smallest absolute Gasteiger partial charge is 0.289 e. The molecule has 1 unspecified atom stereocenters. The van der Waals surface area contributed by atoms with Crippen LogP contribution in [-0.4, -0.2) is 42.0 Å². The lowest BCUT2D eigenvalue weighted by atomic mass is 9.94. The van der Waals surface area contributed by atoms with Crippen molar-refractivity contribution in [1.29, 1.82) is 0 Å². The van der Waals surface area contributed by atoms with E-state index >= 15 is 0 Å². The van der Waals surface area contributed by atoms with Gasteiger partial charge >= 0.3 is 0 Å². The topological polar surface area (TPSA) is 58.4 Å². The minimum Gasteiger partial charge on any atom is -0.435 e. The minimum absolute atomic E-state index is 0.167. The predicted octanol–water partition coefficient (Wildman–Crippen LogP) is 3.07. The van der Waals surface area contributed by atoms with Gasteiger partial charge in [0.25, 0.3) is 5.91 Å². The van der Waals surface area contributed by atoms with Crippen LogP contribution in [0.25, 0.3) is 0 Å². The molecule has 5 nitrogen and oxygen atoms in total. The van der Waals surface area contributed by atoms with Crippen molar-refractivity contribution in [2.45, 2.75) is 39.5 Å². The van der Waals surface area contributed by atoms with Crippen molar-refractivity contribution < 1.29 is 9.21 Å². The minimum atomic E-state index is -0.167. The van der Waals surface area contributed by atoms with Gasteiger partial charge in [-0.25, -0.2) is 4.98 Å². The molecule has 0 aliphatic carbocycles. The molecule has 0 spiro atoms. The summed E-state index contributed by atoms with van der Waals surface area (Å²) in [5.41, 5.74) is 3.49. The van der Waals surface area contributed by atoms with E-state index in [9.17, 15) is 4.79 Å². The van der Waals surface area contributed by atoms with Crippen LogP contribution in [0.15, 0.2) is 28.7 Å². The van der Waals surface area contributed by atoms with Gasteiger partial charge in [-0.05, 0) is 43.9 Å². The average Bonchev–Trinajstić information content (AvgIpc) is 3.22. The van der Waals surface area contributed by atoms with Crippen molar-refractivity contribution in [3.05, 3.63) is 52.7 Å². The van der Waals surface area contributed by atoms with E-state index in [0.717, 1.165) is 19.6 Å². The van der Waals surface area contributed by atoms with Gasteiger partial charge in [-0.1, -0.05) is 31.2 Å². The molecule has 0 saturated carbocycles. The zero-order valence-corrected chi connectivity index (χ0v) is 15.3. The lowest BCUT2D eigenvalue weighted by Crippen LogP contribution is -2.34. The van der Waals surface area contributed by atoms with Crippen LogP contribution in [0.1, 0.15) is 52.5 Å². The second-order valence-electron chi connectivity index (χ2n) is 6.77. The summed E-state index contributed by atoms with van der Waals surface area (Å²) >= 11 is 0. The molecule has 1 atom stereocenters. The normalized spacial score (nSPS) is 17.8. The molecular formula is C20H27N3O2. The Balaban J connectivity index is 1.47. The molecule has 0 bridgehead atoms. The number of rotatable bonds is 6. The maximum absolute atomic E-state index is 12.2. The van der Waals surface area contributed by atoms with Crippen LogP contribution >= 0.6 is 0 Å². The number of hydrogen-bond acceptors (Lipinski definition) is 4. The molecule has 1 fully saturated rings. The number of oxazole rings is 1. The maximum atomic E-state index is 12.2. The molecule has 3 rings (SSSR count). The Morgan fingerprint density at radius 3 is 2.88 bits per heavy atom. The summed E-state index contributed by atoms with van der Waals surface area (Å²) in [6, 6.07) is 8.64. The van der Waals surface area contributed by atoms with Gasteiger partial charge in [0.1, 0.15) is 0 Å². The highest BCUT2D eigenvalue weighted by atomic mass is 16.4. The van der Waals surface area contributed by atoms with E-state index in [2.05, 4.69) is 46.4 Å². The van der Waals surface area contributed by atoms with Crippen molar-refractivity contribution in [2.75, 3.05) is 26.2 Å². The van der Waals surface area contributed by atoms with E-state index in [1.165, 1.54) is 17.5 Å². The molecule has 1 aromatic heterocycles. The molecular weight excluding hydrogens is 314 g/mol. The Hall–Kier alpha value is -2.14. The zero-order chi connectivity index (χ0) is 17.8. The largest absolute Gasteiger partial charge is 0.435 e. The third-order valence-corrected chi connectivity index (χ3v) is 4.96. The lowest BCUT2D eigenvalue weighted by molar-refractivity contribution is 0.0919. The van der Waals surface area contributed by atoms with Gasteiger partial charge in [0.05, 0.1) is 5.69 Å². The Kier molecular flexibility index (Phi) is 5.53. The standard InChI is InChI=1S/C20H27N3O2/c1-4-18-22-15(3)19(25-18)20(24)21-10-12-23-11-9-16(13-23)17-8-6-5-7-14(17)2/h5-8,16H,4,9-13H2,1-3H3,(H,21,24). The van der Waals surface area contributed by atoms with Crippen LogP contribution in [0, 0.1) is 13.8 Å². The molecule has 25 heavy (non-hydrogen) atoms. The summed E-state index contributed by atoms with van der Waals surface area (Å²) in [5.74, 6) is 1.39. The number of carbonyl (C=O) groups is 1. The highest BCUT2D eigenvalue weighted by molar-refractivity contribution is 5.92. The van der Waals surface area contributed by atoms with Crippen molar-refractivity contribution >= 4 is 5.91 Å². The molecule has 1 aliphatic rings. The van der Waals surface area contributed by atoms with Crippen LogP contribution in [0.3, 0.4) is 0 Å². The average molecular weight is 341 g/mol. The first kappa shape index (κ1) is 17.7. The quantitative estimate of drug-likeness (QED) is 0.877. The molecule has 2 heterocycles. The number of aryl methyl sites for hydroxylation is 3. The summed E-state index contributed by atoms with van der Waals surface area (Å²) in [6.07, 6.45) is 1.88. The van der Waals surface area contributed by atoms with Crippen LogP contribution in [0.5, 0.6) is 0 Å². The number of carbonyl (C=O) groups excluding carboxylic acids is 1. The lowest BCUT2D eigenvalue weighted by Gasteiger charge is -2.17. The molecule has 5 heteroatoms. The molecule has 1 N–H and O–H groups in total. The first-order valence-electron chi connectivity index (χ1n) is 9.11. The highest BCUT2D eigenvalue weighted by Crippen LogP contribution is 2.28. The van der Waals surface area contributed by atoms with Crippen LogP contribution in [-0.2, 0) is 6.42 Å². The summed E-state index contributed by atoms with van der Waals surface area (Å²) in [7, 11) is 0. The van der Waals surface area contributed by atoms with Gasteiger partial charge in [-0.2, -0.15) is 0 Å². The van der Waals surface area contributed by atoms with Crippen LogP contribution < -0.4 is 5.32 Å². The zero-order valence-electron chi connectivity index (χ0n) is 15.3. The molecule has 1 aromatic carbocycles. The number of likely N-dealkylation sites (tertiary alicyclic amines) is 1. The fourth-order valence-electron chi connectivity index (χ4n) is 3.56. The SMILES string of the molecule is CCc1nc(C)c(C(=O)NCCN2CCC(c3ccccc3C)C2)o1. The fourth-order valence-corrected chi connectivity index (χ4v) is 3.56. The third-order valence-electron chi connectivity index (χ3n) is 4.96. The summed E-state index contributed by atoms with van der Waals surface area (Å²) < 4.78 is 5.50. The maximum Gasteiger partial charge on any atom is 0.289 e. The number of aromatic nitrogens is 1. The first-order valence-corrected chi connectivity index (χ1v) is 9.11. The highest BCUT2D eigenvalue weighted by Gasteiger charge is 2.24. The van der Waals surface area contributed by atoms with Gasteiger partial charge in [0.2, 0.25) is 5.76 Å². The molecule has 1 saturated heterocycles. The van der Waals surface area contributed by atoms with Gasteiger partial charge in [-0.15, -0.1) is 0 Å². The van der Waals surface area contributed by atoms with E-state index < -0.39 is 0 Å². The Bertz CT molecular complexity index is 738. The van der Waals surface area contributed by atoms with E-state index in [1.807, 2.05) is 13.8 Å². The number of nitrogens with zero attached hydrogens (tertiary/aromatic N) is 2. The van der Waals surface area contributed by atoms with E-state index in [1.54, 1.807) is 0 Å². The summed E-state index contributed by atoms with van der Waals surface area (Å²) in [5, 5.41) is 2.96. The van der Waals surface area contributed by atoms with Crippen molar-refractivity contribution in [1.82, 2.24) is 15.2 Å². The molecule has 1 amide bonds. The number of nitrogens with one attached hydrogen (secondary N) is 1.